The number of hydrogen-bond donors (Lipinski definition) is 1. The molecule has 1 aliphatic rings. The predicted octanol–water partition coefficient (Wildman–Crippen LogP) is 4.83. The molecule has 2 amide bonds. The van der Waals surface area contributed by atoms with Gasteiger partial charge in [-0.1, -0.05) is 42.0 Å². The number of amides is 2. The summed E-state index contributed by atoms with van der Waals surface area (Å²) >= 11 is 0. The first-order valence-electron chi connectivity index (χ1n) is 10.7. The number of para-hydroxylation sites is 1. The summed E-state index contributed by atoms with van der Waals surface area (Å²) in [5.74, 6) is 0.516. The van der Waals surface area contributed by atoms with E-state index in [4.69, 9.17) is 4.74 Å². The van der Waals surface area contributed by atoms with Gasteiger partial charge in [-0.25, -0.2) is 4.98 Å². The number of pyridine rings is 1. The number of carbonyl (C=O) groups is 2. The monoisotopic (exact) mass is 429 g/mol. The Bertz CT molecular complexity index is 1130. The van der Waals surface area contributed by atoms with Crippen LogP contribution in [0.5, 0.6) is 5.75 Å². The third-order valence-electron chi connectivity index (χ3n) is 5.84. The highest BCUT2D eigenvalue weighted by Crippen LogP contribution is 2.43. The van der Waals surface area contributed by atoms with Crippen molar-refractivity contribution < 1.29 is 14.3 Å². The van der Waals surface area contributed by atoms with Crippen molar-refractivity contribution in [1.82, 2.24) is 4.98 Å². The Morgan fingerprint density at radius 3 is 2.50 bits per heavy atom. The van der Waals surface area contributed by atoms with E-state index in [-0.39, 0.29) is 11.8 Å². The lowest BCUT2D eigenvalue weighted by Crippen LogP contribution is -2.47. The smallest absolute Gasteiger partial charge is 0.231 e. The zero-order chi connectivity index (χ0) is 22.7. The topological polar surface area (TPSA) is 71.5 Å². The Morgan fingerprint density at radius 2 is 1.78 bits per heavy atom. The molecular formula is C26H27N3O3. The minimum atomic E-state index is -0.500. The Labute approximate surface area is 188 Å². The summed E-state index contributed by atoms with van der Waals surface area (Å²) in [6, 6.07) is 20.4. The van der Waals surface area contributed by atoms with Crippen LogP contribution in [0.3, 0.4) is 0 Å². The van der Waals surface area contributed by atoms with Gasteiger partial charge in [0.1, 0.15) is 11.6 Å². The maximum absolute atomic E-state index is 13.5. The van der Waals surface area contributed by atoms with Crippen molar-refractivity contribution in [3.8, 4) is 5.75 Å². The first-order chi connectivity index (χ1) is 15.5. The lowest BCUT2D eigenvalue weighted by molar-refractivity contribution is -0.126. The predicted molar refractivity (Wildman–Crippen MR) is 125 cm³/mol. The highest BCUT2D eigenvalue weighted by molar-refractivity contribution is 6.00. The van der Waals surface area contributed by atoms with Crippen molar-refractivity contribution in [2.24, 2.45) is 5.92 Å². The molecule has 2 aromatic carbocycles. The summed E-state index contributed by atoms with van der Waals surface area (Å²) in [6.07, 6.45) is 0.737. The fourth-order valence-electron chi connectivity index (χ4n) is 4.27. The molecule has 32 heavy (non-hydrogen) atoms. The molecule has 0 spiro atoms. The van der Waals surface area contributed by atoms with Crippen LogP contribution >= 0.6 is 0 Å². The van der Waals surface area contributed by atoms with Gasteiger partial charge in [0.2, 0.25) is 11.8 Å². The van der Waals surface area contributed by atoms with Gasteiger partial charge in [-0.05, 0) is 50.6 Å². The molecule has 3 aromatic rings. The number of aromatic nitrogens is 1. The lowest BCUT2D eigenvalue weighted by Gasteiger charge is -2.41. The molecule has 1 aliphatic heterocycles. The Morgan fingerprint density at radius 1 is 1.03 bits per heavy atom. The molecule has 1 aromatic heterocycles. The molecule has 1 saturated heterocycles. The second kappa shape index (κ2) is 9.22. The van der Waals surface area contributed by atoms with Gasteiger partial charge in [-0.3, -0.25) is 9.59 Å². The standard InChI is InChI=1S/C26H27N3O3/c1-17-11-13-19(14-12-17)29-24(30)16-15-21(25(29)20-8-4-5-9-22(20)32-3)26(31)28-23-10-6-7-18(2)27-23/h4-14,21,25H,15-16H2,1-3H3,(H,27,28,31)/t21-,25-/m0/s1. The quantitative estimate of drug-likeness (QED) is 0.631. The molecule has 0 bridgehead atoms. The van der Waals surface area contributed by atoms with Crippen LogP contribution in [0.25, 0.3) is 0 Å². The molecule has 1 N–H and O–H groups in total. The minimum Gasteiger partial charge on any atom is -0.496 e. The van der Waals surface area contributed by atoms with E-state index in [1.807, 2.05) is 74.5 Å². The molecule has 2 atom stereocenters. The number of ether oxygens (including phenoxy) is 1. The van der Waals surface area contributed by atoms with Gasteiger partial charge >= 0.3 is 0 Å². The van der Waals surface area contributed by atoms with Crippen LogP contribution in [-0.2, 0) is 9.59 Å². The summed E-state index contributed by atoms with van der Waals surface area (Å²) in [4.78, 5) is 32.8. The van der Waals surface area contributed by atoms with Gasteiger partial charge < -0.3 is 15.0 Å². The van der Waals surface area contributed by atoms with Crippen LogP contribution in [0, 0.1) is 19.8 Å². The number of rotatable bonds is 5. The van der Waals surface area contributed by atoms with Crippen molar-refractivity contribution in [3.63, 3.8) is 0 Å². The summed E-state index contributed by atoms with van der Waals surface area (Å²) < 4.78 is 5.62. The van der Waals surface area contributed by atoms with Gasteiger partial charge in [-0.2, -0.15) is 0 Å². The number of nitrogens with one attached hydrogen (secondary N) is 1. The lowest BCUT2D eigenvalue weighted by atomic mass is 9.82. The molecule has 1 fully saturated rings. The second-order valence-corrected chi connectivity index (χ2v) is 8.08. The van der Waals surface area contributed by atoms with Crippen LogP contribution in [-0.4, -0.2) is 23.9 Å². The number of hydrogen-bond acceptors (Lipinski definition) is 4. The van der Waals surface area contributed by atoms with Crippen molar-refractivity contribution in [2.45, 2.75) is 32.7 Å². The van der Waals surface area contributed by atoms with Gasteiger partial charge in [0, 0.05) is 23.4 Å². The summed E-state index contributed by atoms with van der Waals surface area (Å²) in [5.41, 5.74) is 3.50. The summed E-state index contributed by atoms with van der Waals surface area (Å²) in [6.45, 7) is 3.89. The zero-order valence-corrected chi connectivity index (χ0v) is 18.5. The first-order valence-corrected chi connectivity index (χ1v) is 10.7. The van der Waals surface area contributed by atoms with Crippen LogP contribution in [0.15, 0.2) is 66.7 Å². The molecule has 164 valence electrons. The molecule has 0 aliphatic carbocycles. The van der Waals surface area contributed by atoms with E-state index < -0.39 is 12.0 Å². The average molecular weight is 430 g/mol. The molecular weight excluding hydrogens is 402 g/mol. The number of benzene rings is 2. The minimum absolute atomic E-state index is 0.0116. The third kappa shape index (κ3) is 4.35. The number of aryl methyl sites for hydroxylation is 2. The summed E-state index contributed by atoms with van der Waals surface area (Å²) in [5, 5.41) is 2.96. The maximum Gasteiger partial charge on any atom is 0.231 e. The Balaban J connectivity index is 1.78. The molecule has 0 saturated carbocycles. The average Bonchev–Trinajstić information content (AvgIpc) is 2.79. The second-order valence-electron chi connectivity index (χ2n) is 8.08. The van der Waals surface area contributed by atoms with Crippen LogP contribution in [0.4, 0.5) is 11.5 Å². The zero-order valence-electron chi connectivity index (χ0n) is 18.5. The first kappa shape index (κ1) is 21.6. The van der Waals surface area contributed by atoms with E-state index in [0.29, 0.717) is 24.4 Å². The highest BCUT2D eigenvalue weighted by atomic mass is 16.5. The van der Waals surface area contributed by atoms with E-state index in [2.05, 4.69) is 10.3 Å². The molecule has 6 nitrogen and oxygen atoms in total. The normalized spacial score (nSPS) is 18.3. The van der Waals surface area contributed by atoms with Gasteiger partial charge in [0.05, 0.1) is 19.1 Å². The summed E-state index contributed by atoms with van der Waals surface area (Å²) in [7, 11) is 1.60. The Hall–Kier alpha value is -3.67. The van der Waals surface area contributed by atoms with Gasteiger partial charge in [0.25, 0.3) is 0 Å². The molecule has 6 heteroatoms. The number of piperidine rings is 1. The number of methoxy groups -OCH3 is 1. The van der Waals surface area contributed by atoms with Crippen LogP contribution in [0.1, 0.15) is 35.7 Å². The van der Waals surface area contributed by atoms with Crippen LogP contribution in [0.2, 0.25) is 0 Å². The van der Waals surface area contributed by atoms with E-state index in [1.165, 1.54) is 0 Å². The molecule has 2 heterocycles. The van der Waals surface area contributed by atoms with E-state index in [1.54, 1.807) is 18.1 Å². The van der Waals surface area contributed by atoms with E-state index >= 15 is 0 Å². The van der Waals surface area contributed by atoms with E-state index in [0.717, 1.165) is 22.5 Å². The number of anilines is 2. The largest absolute Gasteiger partial charge is 0.496 e. The SMILES string of the molecule is COc1ccccc1[C@H]1[C@@H](C(=O)Nc2cccc(C)n2)CCC(=O)N1c1ccc(C)cc1. The number of nitrogens with zero attached hydrogens (tertiary/aromatic N) is 2. The molecule has 4 rings (SSSR count). The number of carbonyl (C=O) groups excluding carboxylic acids is 2. The fourth-order valence-corrected chi connectivity index (χ4v) is 4.27. The van der Waals surface area contributed by atoms with Crippen molar-refractivity contribution in [2.75, 3.05) is 17.3 Å². The van der Waals surface area contributed by atoms with Crippen molar-refractivity contribution >= 4 is 23.3 Å². The van der Waals surface area contributed by atoms with E-state index in [9.17, 15) is 9.59 Å². The van der Waals surface area contributed by atoms with Crippen LogP contribution < -0.4 is 15.0 Å². The van der Waals surface area contributed by atoms with Gasteiger partial charge in [0.15, 0.2) is 0 Å². The van der Waals surface area contributed by atoms with Crippen molar-refractivity contribution in [3.05, 3.63) is 83.6 Å². The third-order valence-corrected chi connectivity index (χ3v) is 5.84. The molecule has 0 unspecified atom stereocenters. The Kier molecular flexibility index (Phi) is 6.21. The fraction of sp³-hybridized carbons (Fsp3) is 0.269. The maximum atomic E-state index is 13.5. The molecule has 0 radical (unpaired) electrons. The van der Waals surface area contributed by atoms with Crippen molar-refractivity contribution in [1.29, 1.82) is 0 Å². The highest BCUT2D eigenvalue weighted by Gasteiger charge is 2.42. The van der Waals surface area contributed by atoms with Gasteiger partial charge in [-0.15, -0.1) is 0 Å².